The van der Waals surface area contributed by atoms with Crippen molar-refractivity contribution < 1.29 is 14.4 Å². The number of hydrogen-bond donors (Lipinski definition) is 1. The number of rotatable bonds is 9. The van der Waals surface area contributed by atoms with Gasteiger partial charge in [0.05, 0.1) is 23.7 Å². The van der Waals surface area contributed by atoms with Gasteiger partial charge in [0, 0.05) is 17.5 Å². The molecule has 0 aliphatic carbocycles. The summed E-state index contributed by atoms with van der Waals surface area (Å²) in [7, 11) is 0. The maximum Gasteiger partial charge on any atom is 0.294 e. The predicted octanol–water partition coefficient (Wildman–Crippen LogP) is 3.79. The van der Waals surface area contributed by atoms with E-state index in [2.05, 4.69) is 4.98 Å². The topological polar surface area (TPSA) is 94.5 Å². The van der Waals surface area contributed by atoms with Gasteiger partial charge in [-0.25, -0.2) is 0 Å². The van der Waals surface area contributed by atoms with Crippen LogP contribution in [0.25, 0.3) is 10.9 Å². The van der Waals surface area contributed by atoms with E-state index in [1.807, 2.05) is 13.8 Å². The Bertz CT molecular complexity index is 769. The largest absolute Gasteiger partial charge is 0.489 e. The molecule has 7 heteroatoms. The van der Waals surface area contributed by atoms with Crippen molar-refractivity contribution >= 4 is 16.6 Å². The van der Waals surface area contributed by atoms with E-state index < -0.39 is 10.5 Å². The fraction of sp³-hybridized carbons (Fsp3) is 0.471. The number of fused-ring (bicyclic) bond motifs is 1. The van der Waals surface area contributed by atoms with Crippen LogP contribution in [0, 0.1) is 10.1 Å². The predicted molar refractivity (Wildman–Crippen MR) is 92.0 cm³/mol. The van der Waals surface area contributed by atoms with Gasteiger partial charge in [-0.3, -0.25) is 14.9 Å². The highest BCUT2D eigenvalue weighted by Crippen LogP contribution is 2.33. The van der Waals surface area contributed by atoms with E-state index in [4.69, 9.17) is 9.47 Å². The van der Waals surface area contributed by atoms with Crippen LogP contribution in [0.3, 0.4) is 0 Å². The molecule has 0 aliphatic rings. The molecule has 0 saturated heterocycles. The molecule has 2 aromatic rings. The standard InChI is InChI=1S/C17H22N2O5/c1-3-5-9-23-15-13-8-7-12(19(21)22)11-14(13)18-17(20)16(15)24-10-6-4-2/h7-8,11H,3-6,9-10H2,1-2H3,(H,18,20). The SMILES string of the molecule is CCCCOc1c(OCCCC)c2ccc([N+](=O)[O-])cc2[nH]c1=O. The fourth-order valence-corrected chi connectivity index (χ4v) is 2.26. The van der Waals surface area contributed by atoms with Crippen molar-refractivity contribution in [1.82, 2.24) is 4.98 Å². The number of nitro benzene ring substituents is 1. The van der Waals surface area contributed by atoms with Gasteiger partial charge in [0.1, 0.15) is 0 Å². The summed E-state index contributed by atoms with van der Waals surface area (Å²) in [5, 5.41) is 11.5. The quantitative estimate of drug-likeness (QED) is 0.427. The molecule has 0 unspecified atom stereocenters. The second kappa shape index (κ2) is 8.33. The molecular formula is C17H22N2O5. The zero-order chi connectivity index (χ0) is 17.5. The summed E-state index contributed by atoms with van der Waals surface area (Å²) in [4.78, 5) is 25.4. The maximum absolute atomic E-state index is 12.3. The Kier molecular flexibility index (Phi) is 6.17. The maximum atomic E-state index is 12.3. The molecule has 1 heterocycles. The number of nitrogens with zero attached hydrogens (tertiary/aromatic N) is 1. The lowest BCUT2D eigenvalue weighted by Gasteiger charge is -2.14. The summed E-state index contributed by atoms with van der Waals surface area (Å²) in [6.45, 7) is 4.95. The molecule has 24 heavy (non-hydrogen) atoms. The second-order valence-electron chi connectivity index (χ2n) is 5.50. The number of non-ortho nitro benzene ring substituents is 1. The van der Waals surface area contributed by atoms with E-state index in [-0.39, 0.29) is 11.4 Å². The number of unbranched alkanes of at least 4 members (excludes halogenated alkanes) is 2. The van der Waals surface area contributed by atoms with Crippen LogP contribution in [0.4, 0.5) is 5.69 Å². The molecule has 0 amide bonds. The van der Waals surface area contributed by atoms with Crippen LogP contribution in [-0.2, 0) is 0 Å². The molecule has 0 spiro atoms. The van der Waals surface area contributed by atoms with Gasteiger partial charge < -0.3 is 14.5 Å². The van der Waals surface area contributed by atoms with Crippen molar-refractivity contribution in [1.29, 1.82) is 0 Å². The first kappa shape index (κ1) is 17.8. The third-order valence-electron chi connectivity index (χ3n) is 3.61. The molecule has 1 aromatic heterocycles. The molecule has 0 bridgehead atoms. The number of aromatic nitrogens is 1. The molecule has 0 saturated carbocycles. The molecule has 2 rings (SSSR count). The van der Waals surface area contributed by atoms with Crippen molar-refractivity contribution in [3.63, 3.8) is 0 Å². The average molecular weight is 334 g/mol. The third kappa shape index (κ3) is 4.04. The van der Waals surface area contributed by atoms with Crippen LogP contribution in [-0.4, -0.2) is 23.1 Å². The Hall–Kier alpha value is -2.57. The molecule has 0 atom stereocenters. The molecular weight excluding hydrogens is 312 g/mol. The van der Waals surface area contributed by atoms with Gasteiger partial charge >= 0.3 is 0 Å². The van der Waals surface area contributed by atoms with E-state index in [1.54, 1.807) is 6.07 Å². The number of aromatic amines is 1. The van der Waals surface area contributed by atoms with Gasteiger partial charge in [0.25, 0.3) is 11.2 Å². The highest BCUT2D eigenvalue weighted by molar-refractivity contribution is 5.88. The van der Waals surface area contributed by atoms with Crippen LogP contribution in [0.2, 0.25) is 0 Å². The molecule has 0 aliphatic heterocycles. The van der Waals surface area contributed by atoms with Crippen molar-refractivity contribution in [2.24, 2.45) is 0 Å². The highest BCUT2D eigenvalue weighted by atomic mass is 16.6. The summed E-state index contributed by atoms with van der Waals surface area (Å²) in [5.41, 5.74) is -0.161. The van der Waals surface area contributed by atoms with E-state index in [1.165, 1.54) is 12.1 Å². The van der Waals surface area contributed by atoms with Gasteiger partial charge in [0.2, 0.25) is 5.75 Å². The Morgan fingerprint density at radius 1 is 1.08 bits per heavy atom. The van der Waals surface area contributed by atoms with Gasteiger partial charge in [-0.2, -0.15) is 0 Å². The summed E-state index contributed by atoms with van der Waals surface area (Å²) in [6, 6.07) is 4.31. The second-order valence-corrected chi connectivity index (χ2v) is 5.50. The van der Waals surface area contributed by atoms with Crippen LogP contribution in [0.5, 0.6) is 11.5 Å². The first-order chi connectivity index (χ1) is 11.6. The van der Waals surface area contributed by atoms with Crippen molar-refractivity contribution in [2.75, 3.05) is 13.2 Å². The smallest absolute Gasteiger partial charge is 0.294 e. The molecule has 0 fully saturated rings. The number of ether oxygens (including phenoxy) is 2. The van der Waals surface area contributed by atoms with Crippen LogP contribution >= 0.6 is 0 Å². The van der Waals surface area contributed by atoms with E-state index >= 15 is 0 Å². The van der Waals surface area contributed by atoms with Crippen molar-refractivity contribution in [2.45, 2.75) is 39.5 Å². The van der Waals surface area contributed by atoms with E-state index in [0.717, 1.165) is 25.7 Å². The van der Waals surface area contributed by atoms with Gasteiger partial charge in [-0.1, -0.05) is 26.7 Å². The van der Waals surface area contributed by atoms with Crippen LogP contribution in [0.1, 0.15) is 39.5 Å². The van der Waals surface area contributed by atoms with Crippen molar-refractivity contribution in [3.8, 4) is 11.5 Å². The minimum atomic E-state index is -0.499. The monoisotopic (exact) mass is 334 g/mol. The number of benzene rings is 1. The zero-order valence-electron chi connectivity index (χ0n) is 14.0. The molecule has 1 aromatic carbocycles. The lowest BCUT2D eigenvalue weighted by molar-refractivity contribution is -0.384. The molecule has 1 N–H and O–H groups in total. The summed E-state index contributed by atoms with van der Waals surface area (Å²) >= 11 is 0. The zero-order valence-corrected chi connectivity index (χ0v) is 14.0. The van der Waals surface area contributed by atoms with Gasteiger partial charge in [-0.15, -0.1) is 0 Å². The first-order valence-corrected chi connectivity index (χ1v) is 8.18. The molecule has 7 nitrogen and oxygen atoms in total. The Balaban J connectivity index is 2.50. The fourth-order valence-electron chi connectivity index (χ4n) is 2.26. The van der Waals surface area contributed by atoms with Gasteiger partial charge in [0.15, 0.2) is 5.75 Å². The normalized spacial score (nSPS) is 10.8. The lowest BCUT2D eigenvalue weighted by atomic mass is 10.1. The van der Waals surface area contributed by atoms with Crippen LogP contribution < -0.4 is 15.0 Å². The number of H-pyrrole nitrogens is 1. The molecule has 130 valence electrons. The number of pyridine rings is 1. The van der Waals surface area contributed by atoms with E-state index in [0.29, 0.717) is 29.9 Å². The Labute approximate surface area is 139 Å². The third-order valence-corrected chi connectivity index (χ3v) is 3.61. The summed E-state index contributed by atoms with van der Waals surface area (Å²) in [5.74, 6) is 0.495. The lowest BCUT2D eigenvalue weighted by Crippen LogP contribution is -2.15. The first-order valence-electron chi connectivity index (χ1n) is 8.18. The number of nitro groups is 1. The average Bonchev–Trinajstić information content (AvgIpc) is 2.56. The van der Waals surface area contributed by atoms with Crippen LogP contribution in [0.15, 0.2) is 23.0 Å². The Morgan fingerprint density at radius 2 is 1.71 bits per heavy atom. The summed E-state index contributed by atoms with van der Waals surface area (Å²) in [6.07, 6.45) is 3.57. The molecule has 0 radical (unpaired) electrons. The minimum Gasteiger partial charge on any atom is -0.489 e. The highest BCUT2D eigenvalue weighted by Gasteiger charge is 2.18. The number of hydrogen-bond acceptors (Lipinski definition) is 5. The van der Waals surface area contributed by atoms with Crippen molar-refractivity contribution in [3.05, 3.63) is 38.7 Å². The van der Waals surface area contributed by atoms with E-state index in [9.17, 15) is 14.9 Å². The minimum absolute atomic E-state index is 0.0858. The summed E-state index contributed by atoms with van der Waals surface area (Å²) < 4.78 is 11.4. The number of nitrogens with one attached hydrogen (secondary N) is 1. The van der Waals surface area contributed by atoms with Gasteiger partial charge in [-0.05, 0) is 18.9 Å². The Morgan fingerprint density at radius 3 is 2.29 bits per heavy atom.